The quantitative estimate of drug-likeness (QED) is 0.397. The molecule has 0 saturated carbocycles. The first-order valence-corrected chi connectivity index (χ1v) is 12.9. The van der Waals surface area contributed by atoms with Crippen molar-refractivity contribution in [2.45, 2.75) is 26.3 Å². The zero-order valence-corrected chi connectivity index (χ0v) is 21.6. The molecule has 1 aromatic heterocycles. The molecule has 0 N–H and O–H groups in total. The molecule has 0 aliphatic carbocycles. The predicted octanol–water partition coefficient (Wildman–Crippen LogP) is 5.20. The van der Waals surface area contributed by atoms with Crippen molar-refractivity contribution in [2.75, 3.05) is 33.4 Å². The van der Waals surface area contributed by atoms with Gasteiger partial charge in [0, 0.05) is 29.6 Å². The van der Waals surface area contributed by atoms with Gasteiger partial charge in [-0.25, -0.2) is 4.39 Å². The van der Waals surface area contributed by atoms with E-state index in [0.717, 1.165) is 12.0 Å². The Morgan fingerprint density at radius 1 is 1.14 bits per heavy atom. The molecular weight excluding hydrogens is 479 g/mol. The summed E-state index contributed by atoms with van der Waals surface area (Å²) in [5.41, 5.74) is 1.45. The van der Waals surface area contributed by atoms with Crippen molar-refractivity contribution in [3.05, 3.63) is 81.8 Å². The summed E-state index contributed by atoms with van der Waals surface area (Å²) in [5, 5.41) is 2.04. The SMILES string of the molecule is COc1cccc(OC[C@@H]2c3ccsc3CCN2C(=O)CN(CC(C)C)C(=O)c2ccc(F)cc2)c1. The number of nitrogens with zero attached hydrogens (tertiary/aromatic N) is 2. The fourth-order valence-corrected chi connectivity index (χ4v) is 5.36. The second-order valence-corrected chi connectivity index (χ2v) is 10.2. The molecule has 0 unspecified atom stereocenters. The fraction of sp³-hybridized carbons (Fsp3) is 0.357. The second kappa shape index (κ2) is 11.6. The van der Waals surface area contributed by atoms with E-state index >= 15 is 0 Å². The van der Waals surface area contributed by atoms with Crippen molar-refractivity contribution in [1.29, 1.82) is 0 Å². The highest BCUT2D eigenvalue weighted by molar-refractivity contribution is 7.10. The molecule has 190 valence electrons. The molecular formula is C28H31FN2O4S. The Hall–Kier alpha value is -3.39. The number of amides is 2. The van der Waals surface area contributed by atoms with Gasteiger partial charge in [-0.2, -0.15) is 0 Å². The number of carbonyl (C=O) groups excluding carboxylic acids is 2. The molecule has 1 atom stereocenters. The third-order valence-corrected chi connectivity index (χ3v) is 7.15. The Kier molecular flexibility index (Phi) is 8.25. The number of halogens is 1. The summed E-state index contributed by atoms with van der Waals surface area (Å²) in [6, 6.07) is 14.6. The van der Waals surface area contributed by atoms with Gasteiger partial charge in [-0.05, 0) is 65.7 Å². The fourth-order valence-electron chi connectivity index (χ4n) is 4.43. The average molecular weight is 511 g/mol. The topological polar surface area (TPSA) is 59.1 Å². The first-order chi connectivity index (χ1) is 17.4. The average Bonchev–Trinajstić information content (AvgIpc) is 3.36. The van der Waals surface area contributed by atoms with Crippen molar-refractivity contribution in [1.82, 2.24) is 9.80 Å². The lowest BCUT2D eigenvalue weighted by atomic mass is 10.00. The maximum atomic E-state index is 13.6. The van der Waals surface area contributed by atoms with Crippen LogP contribution in [-0.2, 0) is 11.2 Å². The Bertz CT molecular complexity index is 1190. The Morgan fingerprint density at radius 2 is 1.89 bits per heavy atom. The summed E-state index contributed by atoms with van der Waals surface area (Å²) >= 11 is 1.69. The van der Waals surface area contributed by atoms with Gasteiger partial charge in [0.05, 0.1) is 13.2 Å². The van der Waals surface area contributed by atoms with E-state index in [1.165, 1.54) is 29.1 Å². The van der Waals surface area contributed by atoms with Crippen LogP contribution in [-0.4, -0.2) is 55.0 Å². The van der Waals surface area contributed by atoms with E-state index in [-0.39, 0.29) is 30.3 Å². The number of methoxy groups -OCH3 is 1. The molecule has 0 fully saturated rings. The standard InChI is InChI=1S/C28H31FN2O4S/c1-19(2)16-30(28(33)20-7-9-21(29)10-8-20)17-27(32)31-13-11-26-24(12-14-36-26)25(31)18-35-23-6-4-5-22(15-23)34-3/h4-10,12,14-15,19,25H,11,13,16-18H2,1-3H3/t25-/m1/s1. The molecule has 0 bridgehead atoms. The third-order valence-electron chi connectivity index (χ3n) is 6.15. The number of thiophene rings is 1. The van der Waals surface area contributed by atoms with Crippen LogP contribution in [0, 0.1) is 11.7 Å². The number of fused-ring (bicyclic) bond motifs is 1. The van der Waals surface area contributed by atoms with Crippen LogP contribution in [0.25, 0.3) is 0 Å². The van der Waals surface area contributed by atoms with Gasteiger partial charge in [0.2, 0.25) is 5.91 Å². The molecule has 1 aliphatic heterocycles. The van der Waals surface area contributed by atoms with Gasteiger partial charge >= 0.3 is 0 Å². The first-order valence-electron chi connectivity index (χ1n) is 12.0. The van der Waals surface area contributed by atoms with Gasteiger partial charge in [0.15, 0.2) is 0 Å². The van der Waals surface area contributed by atoms with Gasteiger partial charge in [-0.3, -0.25) is 9.59 Å². The second-order valence-electron chi connectivity index (χ2n) is 9.23. The van der Waals surface area contributed by atoms with Crippen molar-refractivity contribution < 1.29 is 23.5 Å². The number of hydrogen-bond acceptors (Lipinski definition) is 5. The van der Waals surface area contributed by atoms with Crippen LogP contribution in [0.1, 0.15) is 40.7 Å². The van der Waals surface area contributed by atoms with Crippen LogP contribution in [0.5, 0.6) is 11.5 Å². The zero-order valence-electron chi connectivity index (χ0n) is 20.8. The van der Waals surface area contributed by atoms with Crippen molar-refractivity contribution >= 4 is 23.2 Å². The van der Waals surface area contributed by atoms with Gasteiger partial charge in [0.25, 0.3) is 5.91 Å². The monoisotopic (exact) mass is 510 g/mol. The minimum atomic E-state index is -0.406. The zero-order chi connectivity index (χ0) is 25.7. The number of ether oxygens (including phenoxy) is 2. The number of benzene rings is 2. The lowest BCUT2D eigenvalue weighted by Crippen LogP contribution is -2.48. The third kappa shape index (κ3) is 6.05. The molecule has 4 rings (SSSR count). The maximum absolute atomic E-state index is 13.6. The van der Waals surface area contributed by atoms with Crippen LogP contribution in [0.4, 0.5) is 4.39 Å². The molecule has 8 heteroatoms. The highest BCUT2D eigenvalue weighted by Gasteiger charge is 2.33. The van der Waals surface area contributed by atoms with Gasteiger partial charge in [-0.1, -0.05) is 19.9 Å². The summed E-state index contributed by atoms with van der Waals surface area (Å²) in [5.74, 6) is 0.702. The van der Waals surface area contributed by atoms with E-state index in [1.807, 2.05) is 48.4 Å². The highest BCUT2D eigenvalue weighted by Crippen LogP contribution is 2.34. The van der Waals surface area contributed by atoms with E-state index in [1.54, 1.807) is 23.3 Å². The molecule has 0 saturated heterocycles. The van der Waals surface area contributed by atoms with Crippen LogP contribution in [0.3, 0.4) is 0 Å². The molecule has 0 spiro atoms. The molecule has 2 heterocycles. The normalized spacial score (nSPS) is 14.9. The van der Waals surface area contributed by atoms with Crippen LogP contribution >= 0.6 is 11.3 Å². The Morgan fingerprint density at radius 3 is 2.61 bits per heavy atom. The Balaban J connectivity index is 1.53. The van der Waals surface area contributed by atoms with Gasteiger partial charge < -0.3 is 19.3 Å². The van der Waals surface area contributed by atoms with Crippen molar-refractivity contribution in [3.63, 3.8) is 0 Å². The molecule has 6 nitrogen and oxygen atoms in total. The minimum Gasteiger partial charge on any atom is -0.497 e. The smallest absolute Gasteiger partial charge is 0.254 e. The lowest BCUT2D eigenvalue weighted by molar-refractivity contribution is -0.135. The van der Waals surface area contributed by atoms with E-state index < -0.39 is 5.82 Å². The number of hydrogen-bond donors (Lipinski definition) is 0. The van der Waals surface area contributed by atoms with E-state index in [4.69, 9.17) is 9.47 Å². The van der Waals surface area contributed by atoms with Crippen LogP contribution in [0.15, 0.2) is 60.0 Å². The van der Waals surface area contributed by atoms with Crippen LogP contribution < -0.4 is 9.47 Å². The lowest BCUT2D eigenvalue weighted by Gasteiger charge is -2.37. The molecule has 3 aromatic rings. The van der Waals surface area contributed by atoms with Crippen molar-refractivity contribution in [3.8, 4) is 11.5 Å². The molecule has 2 aromatic carbocycles. The number of carbonyl (C=O) groups is 2. The van der Waals surface area contributed by atoms with E-state index in [9.17, 15) is 14.0 Å². The largest absolute Gasteiger partial charge is 0.497 e. The molecule has 2 amide bonds. The minimum absolute atomic E-state index is 0.0521. The van der Waals surface area contributed by atoms with Gasteiger partial charge in [0.1, 0.15) is 30.5 Å². The highest BCUT2D eigenvalue weighted by atomic mass is 32.1. The van der Waals surface area contributed by atoms with Crippen molar-refractivity contribution in [2.24, 2.45) is 5.92 Å². The van der Waals surface area contributed by atoms with Crippen LogP contribution in [0.2, 0.25) is 0 Å². The summed E-state index contributed by atoms with van der Waals surface area (Å²) in [6.07, 6.45) is 0.768. The summed E-state index contributed by atoms with van der Waals surface area (Å²) < 4.78 is 24.8. The van der Waals surface area contributed by atoms with Gasteiger partial charge in [-0.15, -0.1) is 11.3 Å². The summed E-state index contributed by atoms with van der Waals surface area (Å²) in [4.78, 5) is 31.5. The number of rotatable bonds is 9. The molecule has 1 aliphatic rings. The predicted molar refractivity (Wildman–Crippen MR) is 138 cm³/mol. The molecule has 0 radical (unpaired) electrons. The molecule has 36 heavy (non-hydrogen) atoms. The van der Waals surface area contributed by atoms with E-state index in [0.29, 0.717) is 36.8 Å². The Labute approximate surface area is 215 Å². The summed E-state index contributed by atoms with van der Waals surface area (Å²) in [7, 11) is 1.61. The first kappa shape index (κ1) is 25.7. The maximum Gasteiger partial charge on any atom is 0.254 e. The van der Waals surface area contributed by atoms with E-state index in [2.05, 4.69) is 6.07 Å². The summed E-state index contributed by atoms with van der Waals surface area (Å²) in [6.45, 7) is 5.21.